The zero-order valence-corrected chi connectivity index (χ0v) is 14.9. The van der Waals surface area contributed by atoms with Gasteiger partial charge in [-0.3, -0.25) is 9.59 Å². The molecule has 0 aliphatic heterocycles. The van der Waals surface area contributed by atoms with Crippen molar-refractivity contribution in [2.45, 2.75) is 13.8 Å². The fourth-order valence-electron chi connectivity index (χ4n) is 2.15. The number of amides is 2. The van der Waals surface area contributed by atoms with Crippen molar-refractivity contribution in [3.05, 3.63) is 54.1 Å². The average Bonchev–Trinajstić information content (AvgIpc) is 2.64. The first-order valence-electron chi connectivity index (χ1n) is 7.96. The van der Waals surface area contributed by atoms with E-state index in [1.807, 2.05) is 12.1 Å². The third kappa shape index (κ3) is 5.62. The fraction of sp³-hybridized carbons (Fsp3) is 0.211. The topological polar surface area (TPSA) is 89.0 Å². The van der Waals surface area contributed by atoms with Crippen molar-refractivity contribution in [3.63, 3.8) is 0 Å². The maximum atomic E-state index is 11.9. The van der Waals surface area contributed by atoms with E-state index >= 15 is 0 Å². The number of ether oxygens (including phenoxy) is 2. The van der Waals surface area contributed by atoms with Gasteiger partial charge in [-0.05, 0) is 36.8 Å². The molecule has 2 amide bonds. The summed E-state index contributed by atoms with van der Waals surface area (Å²) in [6.07, 6.45) is 0. The molecule has 7 heteroatoms. The Hall–Kier alpha value is -3.35. The lowest BCUT2D eigenvalue weighted by atomic mass is 10.1. The first-order valence-corrected chi connectivity index (χ1v) is 7.96. The maximum Gasteiger partial charge on any atom is 0.277 e. The third-order valence-electron chi connectivity index (χ3n) is 3.38. The Balaban J connectivity index is 1.93. The molecule has 0 saturated heterocycles. The summed E-state index contributed by atoms with van der Waals surface area (Å²) in [7, 11) is 1.53. The molecule has 2 aromatic rings. The zero-order valence-electron chi connectivity index (χ0n) is 14.9. The predicted molar refractivity (Wildman–Crippen MR) is 99.6 cm³/mol. The number of nitrogens with zero attached hydrogens (tertiary/aromatic N) is 1. The molecule has 0 bridgehead atoms. The Bertz CT molecular complexity index is 818. The van der Waals surface area contributed by atoms with E-state index < -0.39 is 5.91 Å². The highest BCUT2D eigenvalue weighted by atomic mass is 16.5. The van der Waals surface area contributed by atoms with Crippen LogP contribution in [0, 0.1) is 0 Å². The van der Waals surface area contributed by atoms with Crippen molar-refractivity contribution < 1.29 is 19.1 Å². The quantitative estimate of drug-likeness (QED) is 0.590. The number of hydrogen-bond acceptors (Lipinski definition) is 5. The van der Waals surface area contributed by atoms with E-state index in [-0.39, 0.29) is 12.5 Å². The smallest absolute Gasteiger partial charge is 0.277 e. The molecule has 0 heterocycles. The van der Waals surface area contributed by atoms with E-state index in [9.17, 15) is 9.59 Å². The van der Waals surface area contributed by atoms with Gasteiger partial charge in [0.05, 0.1) is 12.8 Å². The molecule has 136 valence electrons. The van der Waals surface area contributed by atoms with Gasteiger partial charge < -0.3 is 14.8 Å². The van der Waals surface area contributed by atoms with Crippen LogP contribution in [0.5, 0.6) is 11.5 Å². The Morgan fingerprint density at radius 3 is 2.46 bits per heavy atom. The molecule has 0 aliphatic rings. The minimum absolute atomic E-state index is 0.154. The summed E-state index contributed by atoms with van der Waals surface area (Å²) in [6.45, 7) is 3.01. The maximum absolute atomic E-state index is 11.9. The molecule has 26 heavy (non-hydrogen) atoms. The number of benzene rings is 2. The molecule has 7 nitrogen and oxygen atoms in total. The summed E-state index contributed by atoms with van der Waals surface area (Å²) in [4.78, 5) is 23.0. The minimum Gasteiger partial charge on any atom is -0.493 e. The van der Waals surface area contributed by atoms with E-state index in [1.54, 1.807) is 43.3 Å². The Morgan fingerprint density at radius 2 is 1.77 bits per heavy atom. The monoisotopic (exact) mass is 355 g/mol. The van der Waals surface area contributed by atoms with Gasteiger partial charge in [0.25, 0.3) is 5.91 Å². The lowest BCUT2D eigenvalue weighted by Gasteiger charge is -2.09. The summed E-state index contributed by atoms with van der Waals surface area (Å²) in [5.41, 5.74) is 4.49. The molecule has 2 rings (SSSR count). The van der Waals surface area contributed by atoms with Gasteiger partial charge in [0.2, 0.25) is 5.91 Å². The van der Waals surface area contributed by atoms with Crippen molar-refractivity contribution in [2.24, 2.45) is 5.10 Å². The highest BCUT2D eigenvalue weighted by molar-refractivity contribution is 6.00. The van der Waals surface area contributed by atoms with E-state index in [0.717, 1.165) is 5.56 Å². The van der Waals surface area contributed by atoms with Crippen LogP contribution in [0.4, 0.5) is 5.69 Å². The van der Waals surface area contributed by atoms with Gasteiger partial charge in [-0.15, -0.1) is 0 Å². The first kappa shape index (κ1) is 19.0. The predicted octanol–water partition coefficient (Wildman–Crippen LogP) is 2.57. The highest BCUT2D eigenvalue weighted by Crippen LogP contribution is 2.25. The molecule has 0 atom stereocenters. The largest absolute Gasteiger partial charge is 0.493 e. The van der Waals surface area contributed by atoms with Crippen LogP contribution in [0.2, 0.25) is 0 Å². The van der Waals surface area contributed by atoms with Gasteiger partial charge in [0.1, 0.15) is 0 Å². The van der Waals surface area contributed by atoms with Crippen LogP contribution in [0.15, 0.2) is 53.6 Å². The SMILES string of the molecule is COc1ccccc1OCC(=O)N/N=C(/C)c1cccc(NC(C)=O)c1. The number of nitrogens with one attached hydrogen (secondary N) is 2. The van der Waals surface area contributed by atoms with Gasteiger partial charge in [-0.25, -0.2) is 5.43 Å². The van der Waals surface area contributed by atoms with Gasteiger partial charge in [0, 0.05) is 12.6 Å². The standard InChI is InChI=1S/C19H21N3O4/c1-13(15-7-6-8-16(11-15)20-14(2)23)21-22-19(24)12-26-18-10-5-4-9-17(18)25-3/h4-11H,12H2,1-3H3,(H,20,23)(H,22,24)/b21-13-. The van der Waals surface area contributed by atoms with Crippen LogP contribution in [-0.4, -0.2) is 31.2 Å². The summed E-state index contributed by atoms with van der Waals surface area (Å²) in [6, 6.07) is 14.3. The average molecular weight is 355 g/mol. The van der Waals surface area contributed by atoms with Crippen LogP contribution in [0.1, 0.15) is 19.4 Å². The van der Waals surface area contributed by atoms with Crippen molar-refractivity contribution in [3.8, 4) is 11.5 Å². The first-order chi connectivity index (χ1) is 12.5. The van der Waals surface area contributed by atoms with E-state index in [4.69, 9.17) is 9.47 Å². The number of rotatable bonds is 7. The van der Waals surface area contributed by atoms with Crippen molar-refractivity contribution in [2.75, 3.05) is 19.0 Å². The number of hydrogen-bond donors (Lipinski definition) is 2. The second kappa shape index (κ2) is 9.22. The van der Waals surface area contributed by atoms with E-state index in [0.29, 0.717) is 22.9 Å². The van der Waals surface area contributed by atoms with Gasteiger partial charge in [0.15, 0.2) is 18.1 Å². The molecule has 0 radical (unpaired) electrons. The number of methoxy groups -OCH3 is 1. The highest BCUT2D eigenvalue weighted by Gasteiger charge is 2.07. The van der Waals surface area contributed by atoms with E-state index in [1.165, 1.54) is 14.0 Å². The molecule has 0 spiro atoms. The fourth-order valence-corrected chi connectivity index (χ4v) is 2.15. The van der Waals surface area contributed by atoms with Crippen molar-refractivity contribution in [1.29, 1.82) is 0 Å². The van der Waals surface area contributed by atoms with Gasteiger partial charge in [-0.2, -0.15) is 5.10 Å². The summed E-state index contributed by atoms with van der Waals surface area (Å²) in [5.74, 6) is 0.482. The number of carbonyl (C=O) groups is 2. The summed E-state index contributed by atoms with van der Waals surface area (Å²) >= 11 is 0. The molecular weight excluding hydrogens is 334 g/mol. The van der Waals surface area contributed by atoms with Gasteiger partial charge in [-0.1, -0.05) is 24.3 Å². The van der Waals surface area contributed by atoms with E-state index in [2.05, 4.69) is 15.8 Å². The van der Waals surface area contributed by atoms with Gasteiger partial charge >= 0.3 is 0 Å². The number of hydrazone groups is 1. The second-order valence-corrected chi connectivity index (χ2v) is 5.43. The normalized spacial score (nSPS) is 10.8. The molecule has 2 aromatic carbocycles. The molecule has 0 saturated carbocycles. The van der Waals surface area contributed by atoms with Crippen LogP contribution in [0.25, 0.3) is 0 Å². The number of para-hydroxylation sites is 2. The molecule has 0 fully saturated rings. The van der Waals surface area contributed by atoms with Crippen LogP contribution < -0.4 is 20.2 Å². The van der Waals surface area contributed by atoms with Crippen LogP contribution in [0.3, 0.4) is 0 Å². The molecule has 0 aliphatic carbocycles. The lowest BCUT2D eigenvalue weighted by Crippen LogP contribution is -2.25. The van der Waals surface area contributed by atoms with Crippen molar-refractivity contribution >= 4 is 23.2 Å². The van der Waals surface area contributed by atoms with Crippen LogP contribution >= 0.6 is 0 Å². The Kier molecular flexibility index (Phi) is 6.73. The number of anilines is 1. The molecule has 2 N–H and O–H groups in total. The molecule has 0 unspecified atom stereocenters. The molecule has 0 aromatic heterocycles. The minimum atomic E-state index is -0.395. The summed E-state index contributed by atoms with van der Waals surface area (Å²) in [5, 5.41) is 6.76. The Labute approximate surface area is 152 Å². The summed E-state index contributed by atoms with van der Waals surface area (Å²) < 4.78 is 10.6. The zero-order chi connectivity index (χ0) is 18.9. The molecular formula is C19H21N3O4. The second-order valence-electron chi connectivity index (χ2n) is 5.43. The van der Waals surface area contributed by atoms with Crippen LogP contribution in [-0.2, 0) is 9.59 Å². The Morgan fingerprint density at radius 1 is 1.04 bits per heavy atom. The van der Waals surface area contributed by atoms with Crippen molar-refractivity contribution in [1.82, 2.24) is 5.43 Å². The third-order valence-corrected chi connectivity index (χ3v) is 3.38. The number of carbonyl (C=O) groups excluding carboxylic acids is 2. The lowest BCUT2D eigenvalue weighted by molar-refractivity contribution is -0.123.